The summed E-state index contributed by atoms with van der Waals surface area (Å²) in [7, 11) is 0. The third-order valence-electron chi connectivity index (χ3n) is 5.21. The third kappa shape index (κ3) is 5.00. The summed E-state index contributed by atoms with van der Waals surface area (Å²) >= 11 is 0. The number of ketones is 1. The molecule has 0 atom stereocenters. The largest absolute Gasteiger partial charge is 0.368 e. The fourth-order valence-electron chi connectivity index (χ4n) is 3.53. The summed E-state index contributed by atoms with van der Waals surface area (Å²) in [5.41, 5.74) is 6.36. The molecule has 4 rings (SSSR count). The summed E-state index contributed by atoms with van der Waals surface area (Å²) in [6, 6.07) is 2.64. The van der Waals surface area contributed by atoms with Crippen LogP contribution in [0.3, 0.4) is 0 Å². The molecule has 0 aliphatic carbocycles. The second kappa shape index (κ2) is 8.53. The van der Waals surface area contributed by atoms with Crippen LogP contribution in [0.4, 0.5) is 20.4 Å². The van der Waals surface area contributed by atoms with Gasteiger partial charge in [0.05, 0.1) is 17.4 Å². The maximum atomic E-state index is 13.4. The zero-order valence-corrected chi connectivity index (χ0v) is 19.6. The van der Waals surface area contributed by atoms with E-state index in [9.17, 15) is 18.4 Å². The number of carbonyl (C=O) groups excluding carboxylic acids is 2. The predicted molar refractivity (Wildman–Crippen MR) is 125 cm³/mol. The molecule has 0 bridgehead atoms. The first kappa shape index (κ1) is 23.9. The van der Waals surface area contributed by atoms with Crippen LogP contribution in [0.15, 0.2) is 43.1 Å². The summed E-state index contributed by atoms with van der Waals surface area (Å²) in [6.45, 7) is 6.36. The lowest BCUT2D eigenvalue weighted by Crippen LogP contribution is -2.21. The van der Waals surface area contributed by atoms with E-state index in [2.05, 4.69) is 25.4 Å². The smallest absolute Gasteiger partial charge is 0.288 e. The van der Waals surface area contributed by atoms with Crippen molar-refractivity contribution in [3.8, 4) is 0 Å². The number of nitrogens with zero attached hydrogens (tertiary/aromatic N) is 6. The highest BCUT2D eigenvalue weighted by Crippen LogP contribution is 2.28. The van der Waals surface area contributed by atoms with Crippen molar-refractivity contribution in [3.63, 3.8) is 0 Å². The number of nitrogens with two attached hydrogens (primary N) is 1. The molecule has 35 heavy (non-hydrogen) atoms. The maximum Gasteiger partial charge on any atom is 0.288 e. The van der Waals surface area contributed by atoms with Gasteiger partial charge in [-0.05, 0) is 32.9 Å². The molecule has 10 nitrogen and oxygen atoms in total. The molecular formula is C23H24F2N8O2. The van der Waals surface area contributed by atoms with Gasteiger partial charge in [0.2, 0.25) is 11.9 Å². The van der Waals surface area contributed by atoms with Crippen molar-refractivity contribution in [2.45, 2.75) is 45.7 Å². The predicted octanol–water partition coefficient (Wildman–Crippen LogP) is 3.34. The van der Waals surface area contributed by atoms with E-state index < -0.39 is 17.5 Å². The van der Waals surface area contributed by atoms with E-state index in [0.29, 0.717) is 16.6 Å². The molecule has 3 N–H and O–H groups in total. The summed E-state index contributed by atoms with van der Waals surface area (Å²) in [5, 5.41) is 6.87. The van der Waals surface area contributed by atoms with Gasteiger partial charge in [0, 0.05) is 48.2 Å². The highest BCUT2D eigenvalue weighted by atomic mass is 19.3. The van der Waals surface area contributed by atoms with Gasteiger partial charge in [0.1, 0.15) is 17.9 Å². The molecule has 4 heterocycles. The molecule has 0 aliphatic rings. The average molecular weight is 482 g/mol. The molecule has 12 heteroatoms. The molecular weight excluding hydrogens is 458 g/mol. The Morgan fingerprint density at radius 1 is 1.14 bits per heavy atom. The van der Waals surface area contributed by atoms with Crippen molar-refractivity contribution >= 4 is 34.4 Å². The maximum absolute atomic E-state index is 13.4. The van der Waals surface area contributed by atoms with Crippen LogP contribution < -0.4 is 11.1 Å². The molecule has 0 aliphatic heterocycles. The minimum Gasteiger partial charge on any atom is -0.368 e. The molecule has 4 aromatic heterocycles. The first-order valence-electron chi connectivity index (χ1n) is 10.7. The number of amides is 1. The number of anilines is 2. The molecule has 182 valence electrons. The summed E-state index contributed by atoms with van der Waals surface area (Å²) in [5.74, 6) is -3.86. The van der Waals surface area contributed by atoms with Gasteiger partial charge in [-0.1, -0.05) is 0 Å². The molecule has 0 fully saturated rings. The van der Waals surface area contributed by atoms with Gasteiger partial charge in [-0.2, -0.15) is 18.9 Å². The molecule has 0 aromatic carbocycles. The Balaban J connectivity index is 1.57. The van der Waals surface area contributed by atoms with Gasteiger partial charge in [-0.3, -0.25) is 19.3 Å². The lowest BCUT2D eigenvalue weighted by atomic mass is 10.1. The van der Waals surface area contributed by atoms with Gasteiger partial charge in [-0.15, -0.1) is 0 Å². The first-order chi connectivity index (χ1) is 16.3. The van der Waals surface area contributed by atoms with Crippen LogP contribution in [0, 0.1) is 0 Å². The van der Waals surface area contributed by atoms with Crippen molar-refractivity contribution in [2.24, 2.45) is 0 Å². The topological polar surface area (TPSA) is 134 Å². The molecule has 0 saturated heterocycles. The van der Waals surface area contributed by atoms with E-state index in [1.807, 2.05) is 25.3 Å². The Morgan fingerprint density at radius 2 is 1.89 bits per heavy atom. The third-order valence-corrected chi connectivity index (χ3v) is 5.21. The number of halogens is 2. The number of carbonyl (C=O) groups is 2. The van der Waals surface area contributed by atoms with E-state index in [4.69, 9.17) is 5.73 Å². The minimum absolute atomic E-state index is 0.0958. The highest BCUT2D eigenvalue weighted by molar-refractivity contribution is 6.16. The zero-order chi connectivity index (χ0) is 25.5. The number of nitrogens with one attached hydrogen (secondary N) is 1. The van der Waals surface area contributed by atoms with Gasteiger partial charge < -0.3 is 15.6 Å². The van der Waals surface area contributed by atoms with Crippen LogP contribution >= 0.6 is 0 Å². The van der Waals surface area contributed by atoms with Crippen molar-refractivity contribution in [2.75, 3.05) is 11.1 Å². The molecule has 0 unspecified atom stereocenters. The van der Waals surface area contributed by atoms with Crippen LogP contribution in [0.2, 0.25) is 0 Å². The lowest BCUT2D eigenvalue weighted by molar-refractivity contribution is -0.117. The van der Waals surface area contributed by atoms with Gasteiger partial charge in [0.15, 0.2) is 5.78 Å². The average Bonchev–Trinajstić information content (AvgIpc) is 3.37. The molecule has 4 aromatic rings. The van der Waals surface area contributed by atoms with E-state index in [0.717, 1.165) is 17.7 Å². The van der Waals surface area contributed by atoms with Gasteiger partial charge in [-0.25, -0.2) is 4.98 Å². The summed E-state index contributed by atoms with van der Waals surface area (Å²) < 4.78 is 29.7. The van der Waals surface area contributed by atoms with Crippen molar-refractivity contribution < 1.29 is 18.4 Å². The molecule has 0 radical (unpaired) electrons. The van der Waals surface area contributed by atoms with Crippen molar-refractivity contribution in [1.82, 2.24) is 29.3 Å². The zero-order valence-electron chi connectivity index (χ0n) is 19.6. The second-order valence-electron chi connectivity index (χ2n) is 9.18. The quantitative estimate of drug-likeness (QED) is 0.403. The standard InChI is InChI=1S/C23H24F2N8O2/c1-22(2,3)33-11-16(15-10-28-21(26)30-20(15)33)19(35)13-7-14(9-27-8-13)29-18(34)12-32-6-5-17(31-32)23(4,24)25/h5-11H,12H2,1-4H3,(H,29,34)(H2,26,28,30). The van der Waals surface area contributed by atoms with E-state index in [1.54, 1.807) is 6.20 Å². The Hall–Kier alpha value is -4.22. The first-order valence-corrected chi connectivity index (χ1v) is 10.7. The number of hydrogen-bond donors (Lipinski definition) is 2. The van der Waals surface area contributed by atoms with E-state index >= 15 is 0 Å². The number of hydrogen-bond acceptors (Lipinski definition) is 7. The van der Waals surface area contributed by atoms with Crippen LogP contribution in [-0.4, -0.2) is 41.0 Å². The number of rotatable bonds is 6. The minimum atomic E-state index is -3.10. The number of pyridine rings is 1. The number of nitrogen functional groups attached to an aromatic ring is 1. The van der Waals surface area contributed by atoms with E-state index in [1.165, 1.54) is 30.9 Å². The Kier molecular flexibility index (Phi) is 5.83. The van der Waals surface area contributed by atoms with E-state index in [-0.39, 0.29) is 35.1 Å². The fraction of sp³-hybridized carbons (Fsp3) is 0.304. The highest BCUT2D eigenvalue weighted by Gasteiger charge is 2.27. The Bertz CT molecular complexity index is 1430. The summed E-state index contributed by atoms with van der Waals surface area (Å²) in [6.07, 6.45) is 7.27. The number of fused-ring (bicyclic) bond motifs is 1. The van der Waals surface area contributed by atoms with Gasteiger partial charge >= 0.3 is 0 Å². The Morgan fingerprint density at radius 3 is 2.54 bits per heavy atom. The van der Waals surface area contributed by atoms with Crippen LogP contribution in [0.1, 0.15) is 49.3 Å². The number of alkyl halides is 2. The Labute approximate surface area is 199 Å². The fourth-order valence-corrected chi connectivity index (χ4v) is 3.53. The van der Waals surface area contributed by atoms with Crippen LogP contribution in [0.25, 0.3) is 11.0 Å². The monoisotopic (exact) mass is 482 g/mol. The molecule has 0 saturated carbocycles. The second-order valence-corrected chi connectivity index (χ2v) is 9.18. The van der Waals surface area contributed by atoms with Crippen LogP contribution in [-0.2, 0) is 22.8 Å². The molecule has 1 amide bonds. The molecule has 0 spiro atoms. The van der Waals surface area contributed by atoms with Crippen molar-refractivity contribution in [1.29, 1.82) is 0 Å². The van der Waals surface area contributed by atoms with Gasteiger partial charge in [0.25, 0.3) is 5.92 Å². The number of aromatic nitrogens is 6. The SMILES string of the molecule is CC(F)(F)c1ccn(CC(=O)Nc2cncc(C(=O)c3cn(C(C)(C)C)c4nc(N)ncc34)c2)n1. The normalized spacial score (nSPS) is 12.2. The van der Waals surface area contributed by atoms with Crippen LogP contribution in [0.5, 0.6) is 0 Å². The van der Waals surface area contributed by atoms with Crippen molar-refractivity contribution in [3.05, 3.63) is 59.9 Å². The lowest BCUT2D eigenvalue weighted by Gasteiger charge is -2.21. The summed E-state index contributed by atoms with van der Waals surface area (Å²) in [4.78, 5) is 38.2.